The Morgan fingerprint density at radius 3 is 1.12 bits per heavy atom. The number of hydrogen-bond acceptors (Lipinski definition) is 1. The van der Waals surface area contributed by atoms with Crippen molar-refractivity contribution in [2.45, 2.75) is 18.2 Å². The molecule has 3 heteroatoms. The summed E-state index contributed by atoms with van der Waals surface area (Å²) in [5.41, 5.74) is 5.26. The van der Waals surface area contributed by atoms with E-state index in [1.165, 1.54) is 15.9 Å². The maximum Gasteiger partial charge on any atom is 0.0323 e. The van der Waals surface area contributed by atoms with Gasteiger partial charge in [0.2, 0.25) is 0 Å². The molecular formula is C22H25BrNP. The van der Waals surface area contributed by atoms with Gasteiger partial charge in [-0.05, 0) is 37.7 Å². The smallest absolute Gasteiger partial charge is 0.0323 e. The van der Waals surface area contributed by atoms with Crippen molar-refractivity contribution in [1.82, 2.24) is 0 Å². The summed E-state index contributed by atoms with van der Waals surface area (Å²) >= 11 is 3.35. The largest absolute Gasteiger partial charge is 0.329 e. The number of halogens is 1. The third-order valence-corrected chi connectivity index (χ3v) is 6.30. The van der Waals surface area contributed by atoms with Crippen molar-refractivity contribution in [1.29, 1.82) is 0 Å². The molecule has 3 aromatic rings. The van der Waals surface area contributed by atoms with Crippen LogP contribution in [0, 0.1) is 0 Å². The molecule has 0 radical (unpaired) electrons. The topological polar surface area (TPSA) is 26.0 Å². The molecule has 130 valence electrons. The molecule has 0 aliphatic rings. The first kappa shape index (κ1) is 19.8. The van der Waals surface area contributed by atoms with E-state index in [0.717, 1.165) is 0 Å². The zero-order chi connectivity index (χ0) is 18.1. The Morgan fingerprint density at radius 1 is 0.680 bits per heavy atom. The molecule has 0 aliphatic carbocycles. The van der Waals surface area contributed by atoms with E-state index in [1.807, 2.05) is 13.8 Å². The summed E-state index contributed by atoms with van der Waals surface area (Å²) in [6, 6.07) is 32.3. The average molecular weight is 414 g/mol. The van der Waals surface area contributed by atoms with E-state index in [2.05, 4.69) is 107 Å². The highest BCUT2D eigenvalue weighted by Crippen LogP contribution is 2.32. The summed E-state index contributed by atoms with van der Waals surface area (Å²) in [4.78, 5) is 0. The normalized spacial score (nSPS) is 10.9. The minimum Gasteiger partial charge on any atom is -0.329 e. The molecule has 3 aromatic carbocycles. The molecule has 0 amide bonds. The minimum atomic E-state index is -0.446. The number of alkyl halides is 1. The second kappa shape index (κ2) is 9.87. The van der Waals surface area contributed by atoms with Gasteiger partial charge in [-0.1, -0.05) is 107 Å². The van der Waals surface area contributed by atoms with Crippen LogP contribution in [0.1, 0.15) is 13.8 Å². The Balaban J connectivity index is 0.000000326. The Morgan fingerprint density at radius 2 is 0.920 bits per heavy atom. The van der Waals surface area contributed by atoms with Crippen molar-refractivity contribution in [3.63, 3.8) is 0 Å². The number of nitrogens with two attached hydrogens (primary N) is 1. The fourth-order valence-electron chi connectivity index (χ4n) is 2.18. The SMILES string of the molecule is CC(C)(Br)CN.c1ccc(P(c2ccccc2)c2ccccc2)cc1. The van der Waals surface area contributed by atoms with Crippen LogP contribution in [0.2, 0.25) is 0 Å². The van der Waals surface area contributed by atoms with Gasteiger partial charge in [-0.2, -0.15) is 0 Å². The molecule has 0 bridgehead atoms. The van der Waals surface area contributed by atoms with Gasteiger partial charge in [-0.3, -0.25) is 0 Å². The number of rotatable bonds is 4. The summed E-state index contributed by atoms with van der Waals surface area (Å²) in [6.07, 6.45) is 0. The van der Waals surface area contributed by atoms with Crippen molar-refractivity contribution in [3.8, 4) is 0 Å². The molecule has 0 aliphatic heterocycles. The minimum absolute atomic E-state index is 0.132. The molecule has 3 rings (SSSR count). The first-order valence-corrected chi connectivity index (χ1v) is 10.5. The predicted molar refractivity (Wildman–Crippen MR) is 117 cm³/mol. The van der Waals surface area contributed by atoms with Gasteiger partial charge in [0.05, 0.1) is 0 Å². The second-order valence-electron chi connectivity index (χ2n) is 6.26. The molecule has 0 aromatic heterocycles. The number of benzene rings is 3. The fraction of sp³-hybridized carbons (Fsp3) is 0.182. The summed E-state index contributed by atoms with van der Waals surface area (Å²) < 4.78 is 0.132. The number of hydrogen-bond donors (Lipinski definition) is 1. The summed E-state index contributed by atoms with van der Waals surface area (Å²) in [5.74, 6) is 0. The first-order chi connectivity index (χ1) is 12.0. The summed E-state index contributed by atoms with van der Waals surface area (Å²) in [6.45, 7) is 4.76. The third kappa shape index (κ3) is 6.74. The van der Waals surface area contributed by atoms with Crippen molar-refractivity contribution in [3.05, 3.63) is 91.0 Å². The highest BCUT2D eigenvalue weighted by molar-refractivity contribution is 9.10. The van der Waals surface area contributed by atoms with E-state index in [1.54, 1.807) is 0 Å². The fourth-order valence-corrected chi connectivity index (χ4v) is 4.48. The molecule has 2 N–H and O–H groups in total. The summed E-state index contributed by atoms with van der Waals surface area (Å²) in [5, 5.41) is 4.19. The molecule has 1 nitrogen and oxygen atoms in total. The quantitative estimate of drug-likeness (QED) is 0.492. The predicted octanol–water partition coefficient (Wildman–Crippen LogP) is 4.56. The van der Waals surface area contributed by atoms with Gasteiger partial charge in [0.15, 0.2) is 0 Å². The maximum atomic E-state index is 5.26. The zero-order valence-electron chi connectivity index (χ0n) is 14.8. The Bertz CT molecular complexity index is 630. The molecule has 0 saturated carbocycles. The maximum absolute atomic E-state index is 5.26. The van der Waals surface area contributed by atoms with Crippen molar-refractivity contribution < 1.29 is 0 Å². The van der Waals surface area contributed by atoms with Gasteiger partial charge in [-0.25, -0.2) is 0 Å². The van der Waals surface area contributed by atoms with Crippen molar-refractivity contribution in [2.24, 2.45) is 5.73 Å². The van der Waals surface area contributed by atoms with Crippen molar-refractivity contribution in [2.75, 3.05) is 6.54 Å². The van der Waals surface area contributed by atoms with Gasteiger partial charge in [0.1, 0.15) is 0 Å². The van der Waals surface area contributed by atoms with Crippen LogP contribution in [0.5, 0.6) is 0 Å². The van der Waals surface area contributed by atoms with E-state index in [-0.39, 0.29) is 4.32 Å². The van der Waals surface area contributed by atoms with E-state index in [0.29, 0.717) is 6.54 Å². The van der Waals surface area contributed by atoms with E-state index >= 15 is 0 Å². The molecule has 0 spiro atoms. The van der Waals surface area contributed by atoms with Crippen LogP contribution in [-0.2, 0) is 0 Å². The van der Waals surface area contributed by atoms with Crippen LogP contribution in [0.25, 0.3) is 0 Å². The van der Waals surface area contributed by atoms with Crippen LogP contribution in [0.15, 0.2) is 91.0 Å². The monoisotopic (exact) mass is 413 g/mol. The van der Waals surface area contributed by atoms with Crippen molar-refractivity contribution >= 4 is 39.8 Å². The summed E-state index contributed by atoms with van der Waals surface area (Å²) in [7, 11) is -0.446. The van der Waals surface area contributed by atoms with Gasteiger partial charge >= 0.3 is 0 Å². The molecule has 0 heterocycles. The Labute approximate surface area is 161 Å². The van der Waals surface area contributed by atoms with Crippen LogP contribution >= 0.6 is 23.9 Å². The highest BCUT2D eigenvalue weighted by Gasteiger charge is 2.14. The molecule has 0 unspecified atom stereocenters. The molecule has 0 atom stereocenters. The van der Waals surface area contributed by atoms with Gasteiger partial charge in [0.25, 0.3) is 0 Å². The van der Waals surface area contributed by atoms with Gasteiger partial charge < -0.3 is 5.73 Å². The lowest BCUT2D eigenvalue weighted by Gasteiger charge is -2.18. The van der Waals surface area contributed by atoms with Crippen LogP contribution in [0.3, 0.4) is 0 Å². The third-order valence-electron chi connectivity index (χ3n) is 3.53. The average Bonchev–Trinajstić information content (AvgIpc) is 2.65. The molecule has 0 saturated heterocycles. The lowest BCUT2D eigenvalue weighted by molar-refractivity contribution is 0.740. The van der Waals surface area contributed by atoms with E-state index < -0.39 is 7.92 Å². The van der Waals surface area contributed by atoms with Gasteiger partial charge in [0, 0.05) is 10.9 Å². The standard InChI is InChI=1S/C18H15P.C4H10BrN/c1-4-10-16(11-5-1)19(17-12-6-2-7-13-17)18-14-8-3-9-15-18;1-4(2,5)3-6/h1-15H;3,6H2,1-2H3. The lowest BCUT2D eigenvalue weighted by atomic mass is 10.2. The van der Waals surface area contributed by atoms with E-state index in [9.17, 15) is 0 Å². The van der Waals surface area contributed by atoms with E-state index in [4.69, 9.17) is 5.73 Å². The highest BCUT2D eigenvalue weighted by atomic mass is 79.9. The Kier molecular flexibility index (Phi) is 7.84. The Hall–Kier alpha value is -1.47. The molecule has 25 heavy (non-hydrogen) atoms. The van der Waals surface area contributed by atoms with Crippen LogP contribution < -0.4 is 21.6 Å². The molecular weight excluding hydrogens is 389 g/mol. The lowest BCUT2D eigenvalue weighted by Crippen LogP contribution is -2.22. The second-order valence-corrected chi connectivity index (χ2v) is 10.6. The van der Waals surface area contributed by atoms with Gasteiger partial charge in [-0.15, -0.1) is 0 Å². The zero-order valence-corrected chi connectivity index (χ0v) is 17.3. The molecule has 0 fully saturated rings. The van der Waals surface area contributed by atoms with Crippen LogP contribution in [-0.4, -0.2) is 10.9 Å². The van der Waals surface area contributed by atoms with Crippen LogP contribution in [0.4, 0.5) is 0 Å². The first-order valence-electron chi connectivity index (χ1n) is 8.35.